The zero-order valence-corrected chi connectivity index (χ0v) is 13.1. The maximum absolute atomic E-state index is 12.6. The van der Waals surface area contributed by atoms with Crippen LogP contribution in [-0.4, -0.2) is 23.9 Å². The third-order valence-corrected chi connectivity index (χ3v) is 4.26. The molecule has 1 amide bonds. The molecule has 0 aromatic heterocycles. The van der Waals surface area contributed by atoms with Gasteiger partial charge in [0, 0.05) is 18.7 Å². The van der Waals surface area contributed by atoms with E-state index in [9.17, 15) is 4.79 Å². The Morgan fingerprint density at radius 3 is 2.60 bits per heavy atom. The van der Waals surface area contributed by atoms with E-state index in [0.29, 0.717) is 12.0 Å². The molecule has 1 aromatic rings. The smallest absolute Gasteiger partial charge is 0.253 e. The second kappa shape index (κ2) is 6.92. The summed E-state index contributed by atoms with van der Waals surface area (Å²) >= 11 is 0. The summed E-state index contributed by atoms with van der Waals surface area (Å²) < 4.78 is 0. The predicted molar refractivity (Wildman–Crippen MR) is 84.0 cm³/mol. The standard InChI is InChI=1S/C18H27NO/c1-14(2)12-15-8-7-9-16(13-15)18(20)19(3)17-10-5-4-6-11-17/h7-9,13-14,17H,4-6,10-12H2,1-3H3. The van der Waals surface area contributed by atoms with Gasteiger partial charge in [0.1, 0.15) is 0 Å². The Kier molecular flexibility index (Phi) is 5.22. The minimum Gasteiger partial charge on any atom is -0.339 e. The number of benzene rings is 1. The number of hydrogen-bond acceptors (Lipinski definition) is 1. The van der Waals surface area contributed by atoms with E-state index in [-0.39, 0.29) is 5.91 Å². The lowest BCUT2D eigenvalue weighted by Crippen LogP contribution is -2.38. The van der Waals surface area contributed by atoms with Gasteiger partial charge in [-0.05, 0) is 42.9 Å². The largest absolute Gasteiger partial charge is 0.339 e. The van der Waals surface area contributed by atoms with Crippen LogP contribution < -0.4 is 0 Å². The fraction of sp³-hybridized carbons (Fsp3) is 0.611. The van der Waals surface area contributed by atoms with Crippen LogP contribution in [0.4, 0.5) is 0 Å². The van der Waals surface area contributed by atoms with Crippen LogP contribution in [0.5, 0.6) is 0 Å². The van der Waals surface area contributed by atoms with Gasteiger partial charge < -0.3 is 4.90 Å². The summed E-state index contributed by atoms with van der Waals surface area (Å²) in [7, 11) is 1.97. The van der Waals surface area contributed by atoms with Crippen LogP contribution >= 0.6 is 0 Å². The van der Waals surface area contributed by atoms with Gasteiger partial charge in [-0.25, -0.2) is 0 Å². The van der Waals surface area contributed by atoms with E-state index in [1.807, 2.05) is 24.1 Å². The van der Waals surface area contributed by atoms with E-state index in [2.05, 4.69) is 26.0 Å². The Balaban J connectivity index is 2.07. The highest BCUT2D eigenvalue weighted by atomic mass is 16.2. The van der Waals surface area contributed by atoms with Gasteiger partial charge in [-0.2, -0.15) is 0 Å². The van der Waals surface area contributed by atoms with Crippen molar-refractivity contribution in [1.82, 2.24) is 4.90 Å². The molecule has 0 radical (unpaired) electrons. The maximum atomic E-state index is 12.6. The van der Waals surface area contributed by atoms with Crippen molar-refractivity contribution in [2.45, 2.75) is 58.4 Å². The molecule has 0 unspecified atom stereocenters. The SMILES string of the molecule is CC(C)Cc1cccc(C(=O)N(C)C2CCCCC2)c1. The molecule has 0 heterocycles. The van der Waals surface area contributed by atoms with Gasteiger partial charge in [0.2, 0.25) is 0 Å². The zero-order chi connectivity index (χ0) is 14.5. The van der Waals surface area contributed by atoms with Gasteiger partial charge in [0.15, 0.2) is 0 Å². The fourth-order valence-electron chi connectivity index (χ4n) is 3.14. The summed E-state index contributed by atoms with van der Waals surface area (Å²) in [6.07, 6.45) is 7.20. The molecule has 0 bridgehead atoms. The van der Waals surface area contributed by atoms with Crippen molar-refractivity contribution >= 4 is 5.91 Å². The van der Waals surface area contributed by atoms with Gasteiger partial charge >= 0.3 is 0 Å². The zero-order valence-electron chi connectivity index (χ0n) is 13.1. The van der Waals surface area contributed by atoms with Crippen LogP contribution in [0.3, 0.4) is 0 Å². The molecule has 1 aromatic carbocycles. The predicted octanol–water partition coefficient (Wildman–Crippen LogP) is 4.29. The van der Waals surface area contributed by atoms with Gasteiger partial charge in [-0.15, -0.1) is 0 Å². The van der Waals surface area contributed by atoms with Crippen molar-refractivity contribution in [2.75, 3.05) is 7.05 Å². The van der Waals surface area contributed by atoms with Crippen LogP contribution in [0.25, 0.3) is 0 Å². The molecule has 0 saturated heterocycles. The Bertz CT molecular complexity index is 446. The summed E-state index contributed by atoms with van der Waals surface area (Å²) in [6.45, 7) is 4.42. The summed E-state index contributed by atoms with van der Waals surface area (Å²) in [5.74, 6) is 0.805. The first-order valence-corrected chi connectivity index (χ1v) is 7.94. The third-order valence-electron chi connectivity index (χ3n) is 4.26. The molecule has 1 aliphatic carbocycles. The number of carbonyl (C=O) groups excluding carboxylic acids is 1. The number of amides is 1. The molecule has 1 fully saturated rings. The van der Waals surface area contributed by atoms with Crippen molar-refractivity contribution < 1.29 is 4.79 Å². The Labute approximate surface area is 123 Å². The average molecular weight is 273 g/mol. The van der Waals surface area contributed by atoms with Crippen molar-refractivity contribution in [3.8, 4) is 0 Å². The molecule has 110 valence electrons. The fourth-order valence-corrected chi connectivity index (χ4v) is 3.14. The lowest BCUT2D eigenvalue weighted by molar-refractivity contribution is 0.0696. The van der Waals surface area contributed by atoms with E-state index in [1.54, 1.807) is 0 Å². The molecule has 1 saturated carbocycles. The molecule has 20 heavy (non-hydrogen) atoms. The van der Waals surface area contributed by atoms with Gasteiger partial charge in [0.05, 0.1) is 0 Å². The van der Waals surface area contributed by atoms with E-state index in [4.69, 9.17) is 0 Å². The van der Waals surface area contributed by atoms with Crippen molar-refractivity contribution in [3.05, 3.63) is 35.4 Å². The Hall–Kier alpha value is -1.31. The van der Waals surface area contributed by atoms with E-state index in [1.165, 1.54) is 24.8 Å². The highest BCUT2D eigenvalue weighted by Crippen LogP contribution is 2.23. The van der Waals surface area contributed by atoms with Crippen LogP contribution in [0.1, 0.15) is 61.9 Å². The summed E-state index contributed by atoms with van der Waals surface area (Å²) in [4.78, 5) is 14.6. The van der Waals surface area contributed by atoms with Crippen LogP contribution in [0, 0.1) is 5.92 Å². The van der Waals surface area contributed by atoms with Gasteiger partial charge in [-0.1, -0.05) is 45.2 Å². The van der Waals surface area contributed by atoms with E-state index >= 15 is 0 Å². The molecule has 0 spiro atoms. The quantitative estimate of drug-likeness (QED) is 0.801. The second-order valence-corrected chi connectivity index (χ2v) is 6.51. The Morgan fingerprint density at radius 1 is 1.25 bits per heavy atom. The van der Waals surface area contributed by atoms with E-state index in [0.717, 1.165) is 24.8 Å². The average Bonchev–Trinajstić information content (AvgIpc) is 2.46. The van der Waals surface area contributed by atoms with Crippen LogP contribution in [-0.2, 0) is 6.42 Å². The number of rotatable bonds is 4. The number of carbonyl (C=O) groups is 1. The van der Waals surface area contributed by atoms with Crippen molar-refractivity contribution in [2.24, 2.45) is 5.92 Å². The lowest BCUT2D eigenvalue weighted by Gasteiger charge is -2.31. The molecule has 2 nitrogen and oxygen atoms in total. The molecule has 0 N–H and O–H groups in total. The summed E-state index contributed by atoms with van der Waals surface area (Å²) in [5, 5.41) is 0. The monoisotopic (exact) mass is 273 g/mol. The molecule has 2 rings (SSSR count). The molecule has 1 aliphatic rings. The lowest BCUT2D eigenvalue weighted by atomic mass is 9.94. The van der Waals surface area contributed by atoms with Crippen molar-refractivity contribution in [3.63, 3.8) is 0 Å². The van der Waals surface area contributed by atoms with E-state index < -0.39 is 0 Å². The topological polar surface area (TPSA) is 20.3 Å². The molecular weight excluding hydrogens is 246 g/mol. The first kappa shape index (κ1) is 15.1. The molecule has 0 atom stereocenters. The first-order valence-electron chi connectivity index (χ1n) is 7.94. The van der Waals surface area contributed by atoms with Crippen LogP contribution in [0.15, 0.2) is 24.3 Å². The molecule has 0 aliphatic heterocycles. The summed E-state index contributed by atoms with van der Waals surface area (Å²) in [6, 6.07) is 8.59. The normalized spacial score (nSPS) is 16.4. The van der Waals surface area contributed by atoms with Crippen LogP contribution in [0.2, 0.25) is 0 Å². The first-order chi connectivity index (χ1) is 9.58. The minimum absolute atomic E-state index is 0.183. The number of hydrogen-bond donors (Lipinski definition) is 0. The van der Waals surface area contributed by atoms with Crippen molar-refractivity contribution in [1.29, 1.82) is 0 Å². The van der Waals surface area contributed by atoms with Gasteiger partial charge in [0.25, 0.3) is 5.91 Å². The Morgan fingerprint density at radius 2 is 1.95 bits per heavy atom. The highest BCUT2D eigenvalue weighted by molar-refractivity contribution is 5.94. The molecule has 2 heteroatoms. The minimum atomic E-state index is 0.183. The number of nitrogens with zero attached hydrogens (tertiary/aromatic N) is 1. The highest BCUT2D eigenvalue weighted by Gasteiger charge is 2.22. The summed E-state index contributed by atoms with van der Waals surface area (Å²) in [5.41, 5.74) is 2.11. The second-order valence-electron chi connectivity index (χ2n) is 6.51. The molecular formula is C18H27NO. The third kappa shape index (κ3) is 3.84. The maximum Gasteiger partial charge on any atom is 0.253 e. The van der Waals surface area contributed by atoms with Gasteiger partial charge in [-0.3, -0.25) is 4.79 Å².